The van der Waals surface area contributed by atoms with E-state index in [1.165, 1.54) is 13.0 Å². The van der Waals surface area contributed by atoms with Crippen LogP contribution in [0.15, 0.2) is 12.1 Å². The number of aliphatic carboxylic acids is 1. The molecule has 0 saturated heterocycles. The summed E-state index contributed by atoms with van der Waals surface area (Å²) in [5, 5.41) is 37.9. The number of benzene rings is 1. The fourth-order valence-electron chi connectivity index (χ4n) is 2.21. The smallest absolute Gasteiger partial charge is 0.323 e. The van der Waals surface area contributed by atoms with E-state index in [1.807, 2.05) is 0 Å². The molecule has 0 heterocycles. The molecular formula is C14H21NO5. The van der Waals surface area contributed by atoms with Crippen LogP contribution < -0.4 is 5.73 Å². The quantitative estimate of drug-likeness (QED) is 0.414. The molecule has 0 saturated carbocycles. The maximum absolute atomic E-state index is 11.0. The van der Waals surface area contributed by atoms with E-state index in [2.05, 4.69) is 0 Å². The van der Waals surface area contributed by atoms with Gasteiger partial charge >= 0.3 is 5.97 Å². The van der Waals surface area contributed by atoms with Gasteiger partial charge in [-0.05, 0) is 31.2 Å². The predicted octanol–water partition coefficient (Wildman–Crippen LogP) is 1.74. The van der Waals surface area contributed by atoms with Crippen LogP contribution in [-0.4, -0.2) is 31.9 Å². The minimum Gasteiger partial charge on any atom is -0.508 e. The maximum atomic E-state index is 11.0. The number of carboxylic acids is 1. The number of phenolic OH excluding ortho intramolecular Hbond substituents is 3. The Morgan fingerprint density at radius 2 is 1.85 bits per heavy atom. The highest BCUT2D eigenvalue weighted by molar-refractivity contribution is 5.77. The fourth-order valence-corrected chi connectivity index (χ4v) is 2.21. The van der Waals surface area contributed by atoms with Gasteiger partial charge in [-0.25, -0.2) is 0 Å². The third-order valence-electron chi connectivity index (χ3n) is 3.68. The van der Waals surface area contributed by atoms with E-state index in [9.17, 15) is 20.1 Å². The second-order valence-corrected chi connectivity index (χ2v) is 5.60. The summed E-state index contributed by atoms with van der Waals surface area (Å²) in [7, 11) is 0. The standard InChI is InChI=1S/C14H21NO5/c1-7(6-14(3,15)13(19)20)8(2)10-4-9(16)5-11(17)12(10)18/h4-5,7-8,16-18H,6,15H2,1-3H3,(H,19,20). The third kappa shape index (κ3) is 3.33. The highest BCUT2D eigenvalue weighted by atomic mass is 16.4. The summed E-state index contributed by atoms with van der Waals surface area (Å²) in [5.74, 6) is -2.44. The summed E-state index contributed by atoms with van der Waals surface area (Å²) in [6.45, 7) is 5.01. The molecule has 6 nitrogen and oxygen atoms in total. The molecule has 0 aliphatic carbocycles. The molecule has 3 unspecified atom stereocenters. The SMILES string of the molecule is CC(CC(C)(N)C(=O)O)C(C)c1cc(O)cc(O)c1O. The second-order valence-electron chi connectivity index (χ2n) is 5.60. The van der Waals surface area contributed by atoms with Crippen molar-refractivity contribution in [3.8, 4) is 17.2 Å². The fraction of sp³-hybridized carbons (Fsp3) is 0.500. The molecule has 1 aromatic carbocycles. The molecule has 0 aromatic heterocycles. The third-order valence-corrected chi connectivity index (χ3v) is 3.68. The zero-order valence-corrected chi connectivity index (χ0v) is 11.8. The summed E-state index contributed by atoms with van der Waals surface area (Å²) in [6.07, 6.45) is 0.194. The van der Waals surface area contributed by atoms with Gasteiger partial charge in [-0.2, -0.15) is 0 Å². The van der Waals surface area contributed by atoms with E-state index in [0.29, 0.717) is 5.56 Å². The van der Waals surface area contributed by atoms with Crippen LogP contribution in [0.25, 0.3) is 0 Å². The molecule has 0 aliphatic heterocycles. The highest BCUT2D eigenvalue weighted by Crippen LogP contribution is 2.41. The highest BCUT2D eigenvalue weighted by Gasteiger charge is 2.32. The first kappa shape index (κ1) is 16.1. The van der Waals surface area contributed by atoms with Crippen LogP contribution in [0.5, 0.6) is 17.2 Å². The Bertz CT molecular complexity index is 513. The van der Waals surface area contributed by atoms with Crippen molar-refractivity contribution < 1.29 is 25.2 Å². The molecule has 0 bridgehead atoms. The van der Waals surface area contributed by atoms with Crippen LogP contribution in [0, 0.1) is 5.92 Å². The Morgan fingerprint density at radius 3 is 2.35 bits per heavy atom. The normalized spacial score (nSPS) is 17.2. The van der Waals surface area contributed by atoms with Gasteiger partial charge in [0.15, 0.2) is 11.5 Å². The first-order chi connectivity index (χ1) is 9.06. The van der Waals surface area contributed by atoms with Gasteiger partial charge in [0.1, 0.15) is 11.3 Å². The molecule has 1 aromatic rings. The minimum absolute atomic E-state index is 0.164. The van der Waals surface area contributed by atoms with Crippen LogP contribution in [-0.2, 0) is 4.79 Å². The molecule has 0 spiro atoms. The maximum Gasteiger partial charge on any atom is 0.323 e. The average molecular weight is 283 g/mol. The molecule has 0 fully saturated rings. The van der Waals surface area contributed by atoms with Gasteiger partial charge in [0.05, 0.1) is 0 Å². The molecule has 0 aliphatic rings. The van der Waals surface area contributed by atoms with Crippen molar-refractivity contribution in [2.45, 2.75) is 38.6 Å². The predicted molar refractivity (Wildman–Crippen MR) is 73.9 cm³/mol. The van der Waals surface area contributed by atoms with Crippen molar-refractivity contribution in [2.75, 3.05) is 0 Å². The number of rotatable bonds is 5. The van der Waals surface area contributed by atoms with Gasteiger partial charge in [0, 0.05) is 11.6 Å². The van der Waals surface area contributed by atoms with E-state index in [-0.39, 0.29) is 29.8 Å². The Labute approximate surface area is 117 Å². The Balaban J connectivity index is 3.01. The molecule has 0 amide bonds. The lowest BCUT2D eigenvalue weighted by molar-refractivity contribution is -0.143. The number of hydrogen-bond donors (Lipinski definition) is 5. The largest absolute Gasteiger partial charge is 0.508 e. The first-order valence-corrected chi connectivity index (χ1v) is 6.33. The van der Waals surface area contributed by atoms with Crippen LogP contribution in [0.1, 0.15) is 38.7 Å². The van der Waals surface area contributed by atoms with Crippen LogP contribution in [0.2, 0.25) is 0 Å². The number of carboxylic acid groups (broad SMARTS) is 1. The molecule has 0 radical (unpaired) electrons. The van der Waals surface area contributed by atoms with Gasteiger partial charge in [-0.1, -0.05) is 13.8 Å². The van der Waals surface area contributed by atoms with Crippen molar-refractivity contribution in [1.29, 1.82) is 0 Å². The molecular weight excluding hydrogens is 262 g/mol. The molecule has 3 atom stereocenters. The topological polar surface area (TPSA) is 124 Å². The number of hydrogen-bond acceptors (Lipinski definition) is 5. The van der Waals surface area contributed by atoms with E-state index in [0.717, 1.165) is 6.07 Å². The molecule has 1 rings (SSSR count). The van der Waals surface area contributed by atoms with Crippen molar-refractivity contribution in [3.05, 3.63) is 17.7 Å². The lowest BCUT2D eigenvalue weighted by atomic mass is 9.80. The number of carbonyl (C=O) groups is 1. The van der Waals surface area contributed by atoms with Gasteiger partial charge in [0.25, 0.3) is 0 Å². The lowest BCUT2D eigenvalue weighted by Crippen LogP contribution is -2.46. The Morgan fingerprint density at radius 1 is 1.30 bits per heavy atom. The molecule has 6 heteroatoms. The number of aromatic hydroxyl groups is 3. The Hall–Kier alpha value is -1.95. The summed E-state index contributed by atoms with van der Waals surface area (Å²) in [4.78, 5) is 11.0. The summed E-state index contributed by atoms with van der Waals surface area (Å²) in [6, 6.07) is 2.39. The van der Waals surface area contributed by atoms with E-state index >= 15 is 0 Å². The van der Waals surface area contributed by atoms with Crippen LogP contribution >= 0.6 is 0 Å². The van der Waals surface area contributed by atoms with Crippen molar-refractivity contribution in [2.24, 2.45) is 11.7 Å². The second kappa shape index (κ2) is 5.58. The van der Waals surface area contributed by atoms with Crippen LogP contribution in [0.3, 0.4) is 0 Å². The minimum atomic E-state index is -1.37. The zero-order valence-electron chi connectivity index (χ0n) is 11.8. The summed E-state index contributed by atoms with van der Waals surface area (Å²) in [5.41, 5.74) is 4.70. The van der Waals surface area contributed by atoms with Gasteiger partial charge < -0.3 is 26.2 Å². The van der Waals surface area contributed by atoms with Crippen molar-refractivity contribution >= 4 is 5.97 Å². The lowest BCUT2D eigenvalue weighted by Gasteiger charge is -2.28. The van der Waals surface area contributed by atoms with Gasteiger partial charge in [-0.3, -0.25) is 4.79 Å². The first-order valence-electron chi connectivity index (χ1n) is 6.33. The molecule has 20 heavy (non-hydrogen) atoms. The number of phenols is 3. The average Bonchev–Trinajstić information content (AvgIpc) is 2.32. The van der Waals surface area contributed by atoms with Crippen molar-refractivity contribution in [1.82, 2.24) is 0 Å². The van der Waals surface area contributed by atoms with E-state index in [4.69, 9.17) is 10.8 Å². The molecule has 112 valence electrons. The summed E-state index contributed by atoms with van der Waals surface area (Å²) >= 11 is 0. The zero-order chi connectivity index (χ0) is 15.7. The number of nitrogens with two attached hydrogens (primary N) is 1. The van der Waals surface area contributed by atoms with Crippen LogP contribution in [0.4, 0.5) is 0 Å². The molecule has 6 N–H and O–H groups in total. The van der Waals surface area contributed by atoms with E-state index < -0.39 is 17.3 Å². The van der Waals surface area contributed by atoms with Gasteiger partial charge in [-0.15, -0.1) is 0 Å². The van der Waals surface area contributed by atoms with Gasteiger partial charge in [0.2, 0.25) is 0 Å². The van der Waals surface area contributed by atoms with E-state index in [1.54, 1.807) is 13.8 Å². The summed E-state index contributed by atoms with van der Waals surface area (Å²) < 4.78 is 0. The Kier molecular flexibility index (Phi) is 4.50. The van der Waals surface area contributed by atoms with Crippen molar-refractivity contribution in [3.63, 3.8) is 0 Å². The monoisotopic (exact) mass is 283 g/mol.